The SMILES string of the molecule is C/C1=C\[C@@H](C)C(=O)C[C@H](O)[C@@H](C)[C@@H](/C(C)=C/[C@@H]2CC[C@@H](C)[C@H](C)C2)OC(=O)C2CCCCN2C(=O)C(=O)[C@]2(O)O[C@H]([C@@H](C)C[C@@H](C)C1C)[C@@H](C)C[C@H]2C. The summed E-state index contributed by atoms with van der Waals surface area (Å²) in [4.78, 5) is 57.4. The first-order valence-corrected chi connectivity index (χ1v) is 20.8. The van der Waals surface area contributed by atoms with E-state index in [9.17, 15) is 29.4 Å². The lowest BCUT2D eigenvalue weighted by Crippen LogP contribution is -2.62. The summed E-state index contributed by atoms with van der Waals surface area (Å²) in [5.41, 5.74) is 1.90. The van der Waals surface area contributed by atoms with Crippen LogP contribution in [0.25, 0.3) is 0 Å². The van der Waals surface area contributed by atoms with Gasteiger partial charge in [-0.3, -0.25) is 14.4 Å². The van der Waals surface area contributed by atoms with Gasteiger partial charge in [0.15, 0.2) is 0 Å². The Balaban J connectivity index is 1.74. The van der Waals surface area contributed by atoms with E-state index < -0.39 is 65.6 Å². The fraction of sp³-hybridized carbons (Fsp3) is 0.818. The molecule has 3 heterocycles. The van der Waals surface area contributed by atoms with Gasteiger partial charge in [0.05, 0.1) is 12.2 Å². The molecule has 0 spiro atoms. The third-order valence-electron chi connectivity index (χ3n) is 14.0. The number of Topliss-reactive ketones (excluding diaryl/α,β-unsaturated/α-hetero) is 2. The highest BCUT2D eigenvalue weighted by Crippen LogP contribution is 2.42. The van der Waals surface area contributed by atoms with Crippen LogP contribution < -0.4 is 0 Å². The second kappa shape index (κ2) is 18.1. The summed E-state index contributed by atoms with van der Waals surface area (Å²) in [7, 11) is 0. The number of hydrogen-bond donors (Lipinski definition) is 2. The highest BCUT2D eigenvalue weighted by molar-refractivity contribution is 6.39. The van der Waals surface area contributed by atoms with Gasteiger partial charge in [-0.15, -0.1) is 0 Å². The highest BCUT2D eigenvalue weighted by Gasteiger charge is 2.55. The van der Waals surface area contributed by atoms with Crippen LogP contribution in [0, 0.1) is 59.2 Å². The lowest BCUT2D eigenvalue weighted by atomic mass is 9.74. The number of hydrogen-bond acceptors (Lipinski definition) is 8. The molecule has 1 saturated carbocycles. The molecule has 300 valence electrons. The predicted octanol–water partition coefficient (Wildman–Crippen LogP) is 7.47. The van der Waals surface area contributed by atoms with Crippen molar-refractivity contribution in [3.63, 3.8) is 0 Å². The molecule has 0 aromatic rings. The monoisotopic (exact) mass is 742 g/mol. The molecule has 4 rings (SSSR count). The highest BCUT2D eigenvalue weighted by atomic mass is 16.6. The van der Waals surface area contributed by atoms with Gasteiger partial charge in [-0.1, -0.05) is 80.0 Å². The number of aliphatic hydroxyl groups excluding tert-OH is 1. The standard InChI is InChI=1S/C44H71NO8/c1-24-15-16-35(21-25(24)2)22-31(8)40-34(11)38(47)23-37(46)28(5)18-26(3)33(10)27(4)19-29(6)39-30(7)20-32(9)44(51,53-39)41(48)42(49)45-17-13-12-14-36(45)43(50)52-40/h18,22,24-25,27-30,32-36,38-40,47,51H,12-17,19-21,23H2,1-11H3/b26-18+,31-22+/t24-,25-,27-,28-,29+,30+,32-,33?,34-,35-,36?,38+,39-,40-,44-/m1/s1. The van der Waals surface area contributed by atoms with Gasteiger partial charge in [-0.2, -0.15) is 0 Å². The number of cyclic esters (lactones) is 1. The van der Waals surface area contributed by atoms with E-state index in [4.69, 9.17) is 9.47 Å². The molecular formula is C44H71NO8. The number of piperidine rings is 1. The molecule has 1 aliphatic carbocycles. The molecule has 2 unspecified atom stereocenters. The van der Waals surface area contributed by atoms with Crippen molar-refractivity contribution in [2.75, 3.05) is 6.54 Å². The molecule has 9 nitrogen and oxygen atoms in total. The Bertz CT molecular complexity index is 1390. The van der Waals surface area contributed by atoms with Gasteiger partial charge in [0.1, 0.15) is 17.9 Å². The van der Waals surface area contributed by atoms with Crippen LogP contribution in [0.1, 0.15) is 134 Å². The molecular weight excluding hydrogens is 670 g/mol. The third-order valence-corrected chi connectivity index (χ3v) is 14.0. The molecule has 1 amide bonds. The zero-order valence-electron chi connectivity index (χ0n) is 34.6. The minimum absolute atomic E-state index is 0.0341. The van der Waals surface area contributed by atoms with Crippen LogP contribution in [0.2, 0.25) is 0 Å². The van der Waals surface area contributed by atoms with Gasteiger partial charge in [-0.25, -0.2) is 4.79 Å². The summed E-state index contributed by atoms with van der Waals surface area (Å²) in [6.07, 6.45) is 7.70. The summed E-state index contributed by atoms with van der Waals surface area (Å²) >= 11 is 0. The Morgan fingerprint density at radius 2 is 1.51 bits per heavy atom. The second-order valence-electron chi connectivity index (χ2n) is 18.3. The molecule has 2 saturated heterocycles. The molecule has 0 aromatic carbocycles. The smallest absolute Gasteiger partial charge is 0.329 e. The Hall–Kier alpha value is -2.36. The van der Waals surface area contributed by atoms with Gasteiger partial charge in [0.2, 0.25) is 5.79 Å². The van der Waals surface area contributed by atoms with E-state index in [2.05, 4.69) is 47.6 Å². The molecule has 15 atom stereocenters. The van der Waals surface area contributed by atoms with Crippen molar-refractivity contribution in [3.8, 4) is 0 Å². The van der Waals surface area contributed by atoms with E-state index >= 15 is 0 Å². The summed E-state index contributed by atoms with van der Waals surface area (Å²) in [6, 6.07) is -1.03. The minimum Gasteiger partial charge on any atom is -0.456 e. The van der Waals surface area contributed by atoms with Crippen LogP contribution in [0.5, 0.6) is 0 Å². The zero-order valence-corrected chi connectivity index (χ0v) is 34.6. The Labute approximate surface area is 319 Å². The first kappa shape index (κ1) is 43.4. The van der Waals surface area contributed by atoms with Crippen molar-refractivity contribution in [3.05, 3.63) is 23.3 Å². The Morgan fingerprint density at radius 1 is 0.849 bits per heavy atom. The summed E-state index contributed by atoms with van der Waals surface area (Å²) in [5, 5.41) is 23.6. The van der Waals surface area contributed by atoms with Crippen molar-refractivity contribution in [1.82, 2.24) is 4.90 Å². The number of ether oxygens (including phenoxy) is 2. The van der Waals surface area contributed by atoms with Crippen LogP contribution in [-0.2, 0) is 28.7 Å². The van der Waals surface area contributed by atoms with E-state index in [1.807, 2.05) is 33.8 Å². The van der Waals surface area contributed by atoms with Gasteiger partial charge in [0, 0.05) is 30.7 Å². The summed E-state index contributed by atoms with van der Waals surface area (Å²) < 4.78 is 12.7. The first-order chi connectivity index (χ1) is 24.8. The average molecular weight is 742 g/mol. The number of fused-ring (bicyclic) bond motifs is 3. The van der Waals surface area contributed by atoms with E-state index in [0.29, 0.717) is 43.4 Å². The largest absolute Gasteiger partial charge is 0.456 e. The van der Waals surface area contributed by atoms with Crippen molar-refractivity contribution < 1.29 is 38.9 Å². The van der Waals surface area contributed by atoms with E-state index in [-0.39, 0.29) is 42.4 Å². The number of nitrogens with zero attached hydrogens (tertiary/aromatic N) is 1. The van der Waals surface area contributed by atoms with Crippen molar-refractivity contribution in [2.45, 2.75) is 164 Å². The van der Waals surface area contributed by atoms with Crippen LogP contribution >= 0.6 is 0 Å². The lowest BCUT2D eigenvalue weighted by Gasteiger charge is -2.47. The minimum atomic E-state index is -2.32. The zero-order chi connectivity index (χ0) is 39.5. The lowest BCUT2D eigenvalue weighted by molar-refractivity contribution is -0.282. The predicted molar refractivity (Wildman–Crippen MR) is 206 cm³/mol. The molecule has 2 bridgehead atoms. The van der Waals surface area contributed by atoms with Crippen molar-refractivity contribution in [1.29, 1.82) is 0 Å². The van der Waals surface area contributed by atoms with Crippen LogP contribution in [0.3, 0.4) is 0 Å². The molecule has 4 aliphatic rings. The maximum absolute atomic E-state index is 14.2. The van der Waals surface area contributed by atoms with E-state index in [1.165, 1.54) is 4.90 Å². The number of carbonyl (C=O) groups is 4. The van der Waals surface area contributed by atoms with Gasteiger partial charge >= 0.3 is 5.97 Å². The normalized spacial score (nSPS) is 44.7. The number of rotatable bonds is 2. The number of esters is 1. The molecule has 3 aliphatic heterocycles. The maximum Gasteiger partial charge on any atom is 0.329 e. The molecule has 2 N–H and O–H groups in total. The molecule has 9 heteroatoms. The average Bonchev–Trinajstić information content (AvgIpc) is 3.11. The fourth-order valence-corrected chi connectivity index (χ4v) is 9.77. The molecule has 3 fully saturated rings. The molecule has 0 radical (unpaired) electrons. The van der Waals surface area contributed by atoms with Gasteiger partial charge in [0.25, 0.3) is 11.7 Å². The van der Waals surface area contributed by atoms with Gasteiger partial charge in [-0.05, 0) is 112 Å². The van der Waals surface area contributed by atoms with Crippen LogP contribution in [-0.4, -0.2) is 75.2 Å². The van der Waals surface area contributed by atoms with Crippen LogP contribution in [0.15, 0.2) is 23.3 Å². The topological polar surface area (TPSA) is 130 Å². The number of aliphatic hydroxyl groups is 2. The van der Waals surface area contributed by atoms with E-state index in [0.717, 1.165) is 36.8 Å². The number of allylic oxidation sites excluding steroid dienone is 3. The number of amides is 1. The Kier molecular flexibility index (Phi) is 14.8. The third kappa shape index (κ3) is 9.91. The van der Waals surface area contributed by atoms with Gasteiger partial charge < -0.3 is 24.6 Å². The maximum atomic E-state index is 14.2. The number of ketones is 2. The quantitative estimate of drug-likeness (QED) is 0.170. The summed E-state index contributed by atoms with van der Waals surface area (Å²) in [5.74, 6) is -4.82. The second-order valence-corrected chi connectivity index (χ2v) is 18.3. The molecule has 53 heavy (non-hydrogen) atoms. The Morgan fingerprint density at radius 3 is 2.17 bits per heavy atom. The fourth-order valence-electron chi connectivity index (χ4n) is 9.77. The van der Waals surface area contributed by atoms with Crippen molar-refractivity contribution >= 4 is 23.4 Å². The first-order valence-electron chi connectivity index (χ1n) is 20.8. The van der Waals surface area contributed by atoms with Crippen LogP contribution in [0.4, 0.5) is 0 Å². The van der Waals surface area contributed by atoms with Crippen molar-refractivity contribution in [2.24, 2.45) is 59.2 Å². The van der Waals surface area contributed by atoms with E-state index in [1.54, 1.807) is 6.92 Å². The summed E-state index contributed by atoms with van der Waals surface area (Å²) in [6.45, 7) is 22.6. The number of carbonyl (C=O) groups excluding carboxylic acids is 4. The molecule has 0 aromatic heterocycles.